The van der Waals surface area contributed by atoms with Gasteiger partial charge in [0.2, 0.25) is 0 Å². The first-order valence-corrected chi connectivity index (χ1v) is 5.91. The first kappa shape index (κ1) is 15.4. The lowest BCUT2D eigenvalue weighted by Crippen LogP contribution is -2.18. The number of rotatable bonds is 6. The molecule has 0 atom stereocenters. The summed E-state index contributed by atoms with van der Waals surface area (Å²) in [6, 6.07) is 0. The van der Waals surface area contributed by atoms with Crippen LogP contribution in [0.25, 0.3) is 0 Å². The van der Waals surface area contributed by atoms with Crippen LogP contribution in [0, 0.1) is 0 Å². The van der Waals surface area contributed by atoms with Crippen LogP contribution in [0.2, 0.25) is 0 Å². The molecule has 19 heavy (non-hydrogen) atoms. The summed E-state index contributed by atoms with van der Waals surface area (Å²) in [6.07, 6.45) is -1.28. The molecule has 1 aromatic rings. The standard InChI is InChI=1S/C12H17F2N3O2/c1-4-19-12(18)8-7-15-9(5-6-17(2)3)16-10(8)11(13)14/h7,11H,4-6H2,1-3H3. The van der Waals surface area contributed by atoms with Crippen molar-refractivity contribution in [1.82, 2.24) is 14.9 Å². The number of ether oxygens (including phenoxy) is 1. The molecule has 0 saturated heterocycles. The van der Waals surface area contributed by atoms with Crippen molar-refractivity contribution in [3.05, 3.63) is 23.3 Å². The monoisotopic (exact) mass is 273 g/mol. The van der Waals surface area contributed by atoms with E-state index in [1.807, 2.05) is 19.0 Å². The number of aromatic nitrogens is 2. The maximum atomic E-state index is 12.9. The van der Waals surface area contributed by atoms with E-state index in [9.17, 15) is 13.6 Å². The van der Waals surface area contributed by atoms with Gasteiger partial charge in [0.15, 0.2) is 0 Å². The second-order valence-electron chi connectivity index (χ2n) is 4.16. The molecule has 106 valence electrons. The minimum absolute atomic E-state index is 0.115. The lowest BCUT2D eigenvalue weighted by atomic mass is 10.2. The molecule has 0 amide bonds. The van der Waals surface area contributed by atoms with Crippen molar-refractivity contribution in [1.29, 1.82) is 0 Å². The summed E-state index contributed by atoms with van der Waals surface area (Å²) in [4.78, 5) is 21.1. The fraction of sp³-hybridized carbons (Fsp3) is 0.583. The van der Waals surface area contributed by atoms with Crippen LogP contribution in [0.1, 0.15) is 35.2 Å². The summed E-state index contributed by atoms with van der Waals surface area (Å²) >= 11 is 0. The van der Waals surface area contributed by atoms with Gasteiger partial charge in [-0.3, -0.25) is 0 Å². The topological polar surface area (TPSA) is 55.3 Å². The van der Waals surface area contributed by atoms with Crippen LogP contribution in [0.3, 0.4) is 0 Å². The summed E-state index contributed by atoms with van der Waals surface area (Å²) in [5.41, 5.74) is -0.840. The van der Waals surface area contributed by atoms with Gasteiger partial charge in [-0.05, 0) is 21.0 Å². The van der Waals surface area contributed by atoms with Crippen molar-refractivity contribution in [3.8, 4) is 0 Å². The molecule has 0 fully saturated rings. The van der Waals surface area contributed by atoms with Crippen molar-refractivity contribution in [2.75, 3.05) is 27.2 Å². The van der Waals surface area contributed by atoms with Gasteiger partial charge in [-0.25, -0.2) is 23.5 Å². The second-order valence-corrected chi connectivity index (χ2v) is 4.16. The van der Waals surface area contributed by atoms with Gasteiger partial charge in [0.05, 0.1) is 6.61 Å². The highest BCUT2D eigenvalue weighted by atomic mass is 19.3. The molecule has 0 unspecified atom stereocenters. The summed E-state index contributed by atoms with van der Waals surface area (Å²) in [5, 5.41) is 0. The van der Waals surface area contributed by atoms with E-state index in [4.69, 9.17) is 4.74 Å². The van der Waals surface area contributed by atoms with Crippen LogP contribution in [-0.2, 0) is 11.2 Å². The quantitative estimate of drug-likeness (QED) is 0.738. The Kier molecular flexibility index (Phi) is 5.75. The van der Waals surface area contributed by atoms with Crippen molar-refractivity contribution in [3.63, 3.8) is 0 Å². The van der Waals surface area contributed by atoms with Gasteiger partial charge in [-0.2, -0.15) is 0 Å². The van der Waals surface area contributed by atoms with Gasteiger partial charge in [-0.1, -0.05) is 0 Å². The van der Waals surface area contributed by atoms with Gasteiger partial charge in [-0.15, -0.1) is 0 Å². The van der Waals surface area contributed by atoms with E-state index in [2.05, 4.69) is 9.97 Å². The molecule has 1 rings (SSSR count). The molecule has 0 N–H and O–H groups in total. The Hall–Kier alpha value is -1.63. The van der Waals surface area contributed by atoms with Gasteiger partial charge in [0, 0.05) is 19.2 Å². The van der Waals surface area contributed by atoms with Crippen LogP contribution in [0.4, 0.5) is 8.78 Å². The van der Waals surface area contributed by atoms with Crippen LogP contribution in [-0.4, -0.2) is 48.1 Å². The van der Waals surface area contributed by atoms with Crippen LogP contribution in [0.5, 0.6) is 0 Å². The molecule has 0 aromatic carbocycles. The predicted molar refractivity (Wildman–Crippen MR) is 65.2 cm³/mol. The number of carbonyl (C=O) groups excluding carboxylic acids is 1. The fourth-order valence-electron chi connectivity index (χ4n) is 1.41. The number of halogens is 2. The number of esters is 1. The molecular weight excluding hydrogens is 256 g/mol. The van der Waals surface area contributed by atoms with E-state index >= 15 is 0 Å². The number of alkyl halides is 2. The van der Waals surface area contributed by atoms with Crippen molar-refractivity contribution in [2.45, 2.75) is 19.8 Å². The maximum Gasteiger partial charge on any atom is 0.341 e. The van der Waals surface area contributed by atoms with Crippen LogP contribution >= 0.6 is 0 Å². The zero-order valence-electron chi connectivity index (χ0n) is 11.2. The third-order valence-corrected chi connectivity index (χ3v) is 2.35. The highest BCUT2D eigenvalue weighted by Crippen LogP contribution is 2.21. The lowest BCUT2D eigenvalue weighted by Gasteiger charge is -2.11. The Labute approximate surface area is 110 Å². The van der Waals surface area contributed by atoms with Crippen molar-refractivity contribution in [2.24, 2.45) is 0 Å². The molecule has 0 aliphatic carbocycles. The number of carbonyl (C=O) groups is 1. The van der Waals surface area contributed by atoms with E-state index in [0.717, 1.165) is 6.20 Å². The molecule has 0 spiro atoms. The molecule has 7 heteroatoms. The van der Waals surface area contributed by atoms with Crippen molar-refractivity contribution < 1.29 is 18.3 Å². The highest BCUT2D eigenvalue weighted by molar-refractivity contribution is 5.90. The third-order valence-electron chi connectivity index (χ3n) is 2.35. The molecule has 0 saturated carbocycles. The molecular formula is C12H17F2N3O2. The van der Waals surface area contributed by atoms with E-state index in [1.54, 1.807) is 6.92 Å². The largest absolute Gasteiger partial charge is 0.462 e. The average Bonchev–Trinajstić information content (AvgIpc) is 2.36. The second kappa shape index (κ2) is 7.08. The Bertz CT molecular complexity index is 439. The third kappa shape index (κ3) is 4.51. The number of likely N-dealkylation sites (N-methyl/N-ethyl adjacent to an activating group) is 1. The Morgan fingerprint density at radius 3 is 2.68 bits per heavy atom. The van der Waals surface area contributed by atoms with E-state index < -0.39 is 18.1 Å². The summed E-state index contributed by atoms with van der Waals surface area (Å²) in [6.45, 7) is 2.36. The summed E-state index contributed by atoms with van der Waals surface area (Å²) in [7, 11) is 3.72. The van der Waals surface area contributed by atoms with Crippen LogP contribution < -0.4 is 0 Å². The Balaban J connectivity index is 2.97. The Morgan fingerprint density at radius 1 is 1.47 bits per heavy atom. The maximum absolute atomic E-state index is 12.9. The van der Waals surface area contributed by atoms with Gasteiger partial charge < -0.3 is 9.64 Å². The molecule has 0 aliphatic rings. The van der Waals surface area contributed by atoms with Crippen LogP contribution in [0.15, 0.2) is 6.20 Å². The van der Waals surface area contributed by atoms with Gasteiger partial charge >= 0.3 is 5.97 Å². The summed E-state index contributed by atoms with van der Waals surface area (Å²) < 4.78 is 30.5. The van der Waals surface area contributed by atoms with E-state index in [-0.39, 0.29) is 18.0 Å². The molecule has 0 bridgehead atoms. The summed E-state index contributed by atoms with van der Waals surface area (Å²) in [5.74, 6) is -0.533. The predicted octanol–water partition coefficient (Wildman–Crippen LogP) is 1.69. The zero-order valence-corrected chi connectivity index (χ0v) is 11.2. The molecule has 1 aromatic heterocycles. The Morgan fingerprint density at radius 2 is 2.16 bits per heavy atom. The average molecular weight is 273 g/mol. The minimum Gasteiger partial charge on any atom is -0.462 e. The molecule has 1 heterocycles. The molecule has 5 nitrogen and oxygen atoms in total. The smallest absolute Gasteiger partial charge is 0.341 e. The molecule has 0 aliphatic heterocycles. The zero-order chi connectivity index (χ0) is 14.4. The first-order chi connectivity index (χ1) is 8.95. The van der Waals surface area contributed by atoms with Crippen molar-refractivity contribution >= 4 is 5.97 Å². The highest BCUT2D eigenvalue weighted by Gasteiger charge is 2.22. The normalized spacial score (nSPS) is 11.1. The number of hydrogen-bond donors (Lipinski definition) is 0. The SMILES string of the molecule is CCOC(=O)c1cnc(CCN(C)C)nc1C(F)F. The molecule has 0 radical (unpaired) electrons. The van der Waals surface area contributed by atoms with Gasteiger partial charge in [0.25, 0.3) is 6.43 Å². The fourth-order valence-corrected chi connectivity index (χ4v) is 1.41. The lowest BCUT2D eigenvalue weighted by molar-refractivity contribution is 0.0512. The van der Waals surface area contributed by atoms with E-state index in [0.29, 0.717) is 13.0 Å². The van der Waals surface area contributed by atoms with Gasteiger partial charge in [0.1, 0.15) is 17.1 Å². The first-order valence-electron chi connectivity index (χ1n) is 5.91. The van der Waals surface area contributed by atoms with E-state index in [1.165, 1.54) is 0 Å². The number of hydrogen-bond acceptors (Lipinski definition) is 5. The number of nitrogens with zero attached hydrogens (tertiary/aromatic N) is 3. The minimum atomic E-state index is -2.83.